The molecule has 0 aromatic rings. The first-order valence-corrected chi connectivity index (χ1v) is 3.91. The van der Waals surface area contributed by atoms with E-state index in [2.05, 4.69) is 19.0 Å². The lowest BCUT2D eigenvalue weighted by molar-refractivity contribution is 0.762. The molecule has 0 aromatic heterocycles. The zero-order valence-electron chi connectivity index (χ0n) is 6.85. The smallest absolute Gasteiger partial charge is 0.0583 e. The van der Waals surface area contributed by atoms with Crippen LogP contribution in [0.5, 0.6) is 0 Å². The summed E-state index contributed by atoms with van der Waals surface area (Å²) in [5.41, 5.74) is 7.73. The highest BCUT2D eigenvalue weighted by atomic mass is 15.0. The third-order valence-corrected chi connectivity index (χ3v) is 1.37. The zero-order valence-corrected chi connectivity index (χ0v) is 6.85. The van der Waals surface area contributed by atoms with E-state index in [9.17, 15) is 0 Å². The molecule has 1 N–H and O–H groups in total. The second kappa shape index (κ2) is 6.46. The Kier molecular flexibility index (Phi) is 6.03. The molecule has 0 bridgehead atoms. The Morgan fingerprint density at radius 3 is 2.60 bits per heavy atom. The van der Waals surface area contributed by atoms with Crippen LogP contribution < -0.4 is 0 Å². The van der Waals surface area contributed by atoms with Crippen LogP contribution in [0.3, 0.4) is 0 Å². The lowest BCUT2D eigenvalue weighted by atomic mass is 10.2. The van der Waals surface area contributed by atoms with Crippen molar-refractivity contribution in [3.05, 3.63) is 11.8 Å². The highest BCUT2D eigenvalue weighted by Gasteiger charge is 1.91. The Hall–Kier alpha value is -0.660. The summed E-state index contributed by atoms with van der Waals surface area (Å²) in [6.45, 7) is 4.21. The van der Waals surface area contributed by atoms with Crippen LogP contribution in [-0.4, -0.2) is 0 Å². The first-order chi connectivity index (χ1) is 4.85. The van der Waals surface area contributed by atoms with E-state index in [1.165, 1.54) is 6.42 Å². The van der Waals surface area contributed by atoms with Crippen molar-refractivity contribution >= 4 is 0 Å². The summed E-state index contributed by atoms with van der Waals surface area (Å²) < 4.78 is 0. The summed E-state index contributed by atoms with van der Waals surface area (Å²) in [5.74, 6) is 0. The lowest BCUT2D eigenvalue weighted by Gasteiger charge is -1.95. The van der Waals surface area contributed by atoms with Crippen LogP contribution in [0, 0.1) is 5.53 Å². The molecule has 0 aliphatic carbocycles. The maximum atomic E-state index is 6.80. The van der Waals surface area contributed by atoms with Crippen LogP contribution >= 0.6 is 0 Å². The highest BCUT2D eigenvalue weighted by molar-refractivity contribution is 4.97. The number of nitrogens with one attached hydrogen (secondary N) is 1. The number of allylic oxidation sites excluding steroid dienone is 2. The predicted molar refractivity (Wildman–Crippen MR) is 43.0 cm³/mol. The molecular weight excluding hydrogens is 124 g/mol. The summed E-state index contributed by atoms with van der Waals surface area (Å²) in [4.78, 5) is 0. The third-order valence-electron chi connectivity index (χ3n) is 1.37. The van der Waals surface area contributed by atoms with Crippen LogP contribution in [0.4, 0.5) is 0 Å². The Balaban J connectivity index is 3.60. The molecule has 0 fully saturated rings. The Morgan fingerprint density at radius 2 is 2.20 bits per heavy atom. The fourth-order valence-corrected chi connectivity index (χ4v) is 0.797. The molecule has 0 heterocycles. The van der Waals surface area contributed by atoms with Crippen molar-refractivity contribution in [2.75, 3.05) is 0 Å². The normalized spacial score (nSPS) is 11.6. The molecule has 10 heavy (non-hydrogen) atoms. The Labute approximate surface area is 62.8 Å². The molecule has 0 saturated carbocycles. The minimum atomic E-state index is 0.935. The molecule has 0 aromatic carbocycles. The molecule has 0 saturated heterocycles. The Morgan fingerprint density at radius 1 is 1.50 bits per heavy atom. The summed E-state index contributed by atoms with van der Waals surface area (Å²) >= 11 is 0. The van der Waals surface area contributed by atoms with Crippen LogP contribution in [-0.2, 0) is 0 Å². The fraction of sp³-hybridized carbons (Fsp3) is 0.750. The second-order valence-corrected chi connectivity index (χ2v) is 2.32. The highest BCUT2D eigenvalue weighted by Crippen LogP contribution is 2.08. The van der Waals surface area contributed by atoms with Gasteiger partial charge in [-0.1, -0.05) is 26.3 Å². The van der Waals surface area contributed by atoms with Gasteiger partial charge >= 0.3 is 0 Å². The van der Waals surface area contributed by atoms with E-state index < -0.39 is 0 Å². The maximum absolute atomic E-state index is 6.80. The van der Waals surface area contributed by atoms with E-state index in [-0.39, 0.29) is 0 Å². The molecule has 0 amide bonds. The van der Waals surface area contributed by atoms with Gasteiger partial charge in [0.15, 0.2) is 0 Å². The van der Waals surface area contributed by atoms with Crippen LogP contribution in [0.25, 0.3) is 0 Å². The van der Waals surface area contributed by atoms with E-state index in [4.69, 9.17) is 5.53 Å². The molecule has 0 radical (unpaired) electrons. The largest absolute Gasteiger partial charge is 0.205 e. The second-order valence-electron chi connectivity index (χ2n) is 2.32. The van der Waals surface area contributed by atoms with E-state index in [1.54, 1.807) is 0 Å². The maximum Gasteiger partial charge on any atom is 0.0583 e. The van der Waals surface area contributed by atoms with E-state index in [0.29, 0.717) is 0 Å². The summed E-state index contributed by atoms with van der Waals surface area (Å²) in [5, 5.41) is 3.43. The zero-order chi connectivity index (χ0) is 7.82. The average molecular weight is 140 g/mol. The first-order valence-electron chi connectivity index (χ1n) is 3.91. The molecule has 2 nitrogen and oxygen atoms in total. The molecule has 0 atom stereocenters. The molecule has 0 aliphatic heterocycles. The van der Waals surface area contributed by atoms with Gasteiger partial charge in [-0.2, -0.15) is 5.11 Å². The van der Waals surface area contributed by atoms with Crippen molar-refractivity contribution in [3.8, 4) is 0 Å². The summed E-state index contributed by atoms with van der Waals surface area (Å²) in [6, 6.07) is 0. The van der Waals surface area contributed by atoms with Crippen LogP contribution in [0.2, 0.25) is 0 Å². The quantitative estimate of drug-likeness (QED) is 0.567. The van der Waals surface area contributed by atoms with Crippen LogP contribution in [0.15, 0.2) is 16.9 Å². The number of nitrogens with zero attached hydrogens (tertiary/aromatic N) is 1. The van der Waals surface area contributed by atoms with Crippen molar-refractivity contribution in [1.82, 2.24) is 0 Å². The van der Waals surface area contributed by atoms with Gasteiger partial charge in [-0.05, 0) is 19.3 Å². The number of hydrogen-bond donors (Lipinski definition) is 1. The predicted octanol–water partition coefficient (Wildman–Crippen LogP) is 3.50. The molecule has 0 aliphatic rings. The van der Waals surface area contributed by atoms with Crippen molar-refractivity contribution in [1.29, 1.82) is 5.53 Å². The first kappa shape index (κ1) is 9.34. The van der Waals surface area contributed by atoms with Gasteiger partial charge in [0, 0.05) is 0 Å². The third kappa shape index (κ3) is 4.24. The van der Waals surface area contributed by atoms with Gasteiger partial charge in [0.25, 0.3) is 0 Å². The molecule has 0 spiro atoms. The summed E-state index contributed by atoms with van der Waals surface area (Å²) in [7, 11) is 0. The van der Waals surface area contributed by atoms with Gasteiger partial charge in [0.1, 0.15) is 0 Å². The minimum absolute atomic E-state index is 0.935. The fourth-order valence-electron chi connectivity index (χ4n) is 0.797. The van der Waals surface area contributed by atoms with Gasteiger partial charge in [-0.25, -0.2) is 5.53 Å². The van der Waals surface area contributed by atoms with E-state index >= 15 is 0 Å². The topological polar surface area (TPSA) is 36.2 Å². The van der Waals surface area contributed by atoms with Gasteiger partial charge in [0.2, 0.25) is 0 Å². The molecule has 0 rings (SSSR count). The lowest BCUT2D eigenvalue weighted by Crippen LogP contribution is -1.77. The molecule has 2 heteroatoms. The van der Waals surface area contributed by atoms with Crippen molar-refractivity contribution in [3.63, 3.8) is 0 Å². The monoisotopic (exact) mass is 140 g/mol. The minimum Gasteiger partial charge on any atom is -0.205 e. The number of unbranched alkanes of at least 4 members (excludes halogenated alkanes) is 1. The SMILES string of the molecule is CC/C=C(\CCCC)N=N. The van der Waals surface area contributed by atoms with E-state index in [0.717, 1.165) is 25.0 Å². The number of hydrogen-bond acceptors (Lipinski definition) is 2. The molecular formula is C8H16N2. The van der Waals surface area contributed by atoms with E-state index in [1.807, 2.05) is 6.08 Å². The van der Waals surface area contributed by atoms with Gasteiger partial charge in [-0.15, -0.1) is 0 Å². The van der Waals surface area contributed by atoms with Gasteiger partial charge in [0.05, 0.1) is 5.70 Å². The standard InChI is InChI=1S/C8H16N2/c1-3-5-7-8(10-9)6-4-2/h6,9H,3-5,7H2,1-2H3/b8-6+,10-9?. The Bertz CT molecular complexity index is 116. The van der Waals surface area contributed by atoms with Gasteiger partial charge in [-0.3, -0.25) is 0 Å². The molecule has 58 valence electrons. The number of rotatable bonds is 5. The van der Waals surface area contributed by atoms with Crippen molar-refractivity contribution in [2.24, 2.45) is 5.11 Å². The van der Waals surface area contributed by atoms with Gasteiger partial charge < -0.3 is 0 Å². The molecule has 0 unspecified atom stereocenters. The summed E-state index contributed by atoms with van der Waals surface area (Å²) in [6.07, 6.45) is 6.29. The van der Waals surface area contributed by atoms with Crippen LogP contribution in [0.1, 0.15) is 39.5 Å². The van der Waals surface area contributed by atoms with Crippen molar-refractivity contribution < 1.29 is 0 Å². The van der Waals surface area contributed by atoms with Crippen molar-refractivity contribution in [2.45, 2.75) is 39.5 Å². The average Bonchev–Trinajstić information content (AvgIpc) is 1.98.